The molecule has 0 aliphatic heterocycles. The van der Waals surface area contributed by atoms with Gasteiger partial charge in [-0.1, -0.05) is 0 Å². The molecule has 5 N–H and O–H groups in total. The van der Waals surface area contributed by atoms with E-state index >= 15 is 0 Å². The van der Waals surface area contributed by atoms with E-state index in [1.54, 1.807) is 0 Å². The molecule has 0 aliphatic carbocycles. The summed E-state index contributed by atoms with van der Waals surface area (Å²) in [5.74, 6) is -2.51. The molecule has 9 heavy (non-hydrogen) atoms. The highest BCUT2D eigenvalue weighted by Gasteiger charge is 1.88. The highest BCUT2D eigenvalue weighted by molar-refractivity contribution is 5.89. The first-order valence-electron chi connectivity index (χ1n) is 1.77. The Hall–Kier alpha value is -1.36. The minimum atomic E-state index is -1.26. The number of hydrogen-bond donors (Lipinski definition) is 3. The van der Waals surface area contributed by atoms with Gasteiger partial charge in [-0.05, 0) is 0 Å². The monoisotopic (exact) mass is 134 g/mol. The second-order valence-electron chi connectivity index (χ2n) is 1.01. The van der Waals surface area contributed by atoms with Gasteiger partial charge >= 0.3 is 11.9 Å². The largest absolute Gasteiger partial charge is 0.478 e. The van der Waals surface area contributed by atoms with Gasteiger partial charge in [-0.3, -0.25) is 0 Å². The lowest BCUT2D eigenvalue weighted by molar-refractivity contribution is -0.134. The predicted molar refractivity (Wildman–Crippen MR) is 30.5 cm³/mol. The van der Waals surface area contributed by atoms with E-state index in [4.69, 9.17) is 10.2 Å². The number of carbonyl (C=O) groups is 2. The first-order valence-corrected chi connectivity index (χ1v) is 1.77. The molecule has 0 rings (SSSR count). The summed E-state index contributed by atoms with van der Waals surface area (Å²) < 4.78 is 0. The quantitative estimate of drug-likeness (QED) is 0.460. The van der Waals surface area contributed by atoms with Gasteiger partial charge in [0.1, 0.15) is 0 Å². The van der Waals surface area contributed by atoms with Crippen LogP contribution in [0.4, 0.5) is 0 Å². The summed E-state index contributed by atoms with van der Waals surface area (Å²) in [5.41, 5.74) is 0. The Labute approximate surface area is 52.7 Å². The van der Waals surface area contributed by atoms with Crippen molar-refractivity contribution in [2.45, 2.75) is 0 Å². The minimum absolute atomic E-state index is 0. The SMILES string of the molecule is N.O=C(O)/C=C\C(=O)O.[H]. The van der Waals surface area contributed by atoms with Crippen LogP contribution in [0.25, 0.3) is 0 Å². The van der Waals surface area contributed by atoms with Crippen molar-refractivity contribution >= 4 is 11.9 Å². The maximum atomic E-state index is 9.55. The summed E-state index contributed by atoms with van der Waals surface area (Å²) in [6.07, 6.45) is 1.12. The molecular weight excluding hydrogens is 126 g/mol. The van der Waals surface area contributed by atoms with Gasteiger partial charge in [0.25, 0.3) is 0 Å². The molecule has 0 bridgehead atoms. The molecule has 0 heterocycles. The Morgan fingerprint density at radius 3 is 1.44 bits per heavy atom. The van der Waals surface area contributed by atoms with E-state index in [-0.39, 0.29) is 7.58 Å². The second kappa shape index (κ2) is 4.79. The molecule has 53 valence electrons. The predicted octanol–water partition coefficient (Wildman–Crippen LogP) is -0.0137. The van der Waals surface area contributed by atoms with Gasteiger partial charge < -0.3 is 16.4 Å². The van der Waals surface area contributed by atoms with E-state index in [0.29, 0.717) is 12.2 Å². The van der Waals surface area contributed by atoms with Gasteiger partial charge in [0.2, 0.25) is 0 Å². The molecule has 5 heteroatoms. The fraction of sp³-hybridized carbons (Fsp3) is 0. The first-order chi connectivity index (χ1) is 3.63. The molecule has 0 saturated heterocycles. The van der Waals surface area contributed by atoms with Crippen molar-refractivity contribution in [3.63, 3.8) is 0 Å². The lowest BCUT2D eigenvalue weighted by atomic mass is 10.5. The Bertz CT molecular complexity index is 128. The molecule has 0 aromatic carbocycles. The smallest absolute Gasteiger partial charge is 0.328 e. The molecule has 5 nitrogen and oxygen atoms in total. The van der Waals surface area contributed by atoms with Gasteiger partial charge in [-0.2, -0.15) is 0 Å². The van der Waals surface area contributed by atoms with Gasteiger partial charge in [0.15, 0.2) is 0 Å². The van der Waals surface area contributed by atoms with Crippen molar-refractivity contribution < 1.29 is 21.2 Å². The summed E-state index contributed by atoms with van der Waals surface area (Å²) in [6, 6.07) is 0. The first kappa shape index (κ1) is 10.6. The standard InChI is InChI=1S/C4H4O4.H3N.H/c5-3(6)1-2-4(7)8;;/h1-2H,(H,5,6)(H,7,8);1H3;/b2-1-;;. The van der Waals surface area contributed by atoms with Crippen molar-refractivity contribution in [2.24, 2.45) is 0 Å². The zero-order valence-corrected chi connectivity index (χ0v) is 4.57. The van der Waals surface area contributed by atoms with Crippen molar-refractivity contribution in [1.82, 2.24) is 6.15 Å². The van der Waals surface area contributed by atoms with E-state index in [1.165, 1.54) is 0 Å². The van der Waals surface area contributed by atoms with E-state index in [0.717, 1.165) is 0 Å². The Morgan fingerprint density at radius 1 is 1.11 bits per heavy atom. The molecule has 0 saturated carbocycles. The number of carboxylic acid groups (broad SMARTS) is 2. The highest BCUT2D eigenvalue weighted by atomic mass is 16.4. The van der Waals surface area contributed by atoms with Crippen molar-refractivity contribution in [3.05, 3.63) is 12.2 Å². The Morgan fingerprint density at radius 2 is 1.33 bits per heavy atom. The fourth-order valence-corrected chi connectivity index (χ4v) is 0.143. The zero-order chi connectivity index (χ0) is 6.57. The maximum absolute atomic E-state index is 9.55. The van der Waals surface area contributed by atoms with Crippen molar-refractivity contribution in [3.8, 4) is 0 Å². The normalized spacial score (nSPS) is 8.44. The summed E-state index contributed by atoms with van der Waals surface area (Å²) in [5, 5.41) is 15.6. The second-order valence-corrected chi connectivity index (χ2v) is 1.01. The summed E-state index contributed by atoms with van der Waals surface area (Å²) in [6.45, 7) is 0. The lowest BCUT2D eigenvalue weighted by Crippen LogP contribution is -1.91. The van der Waals surface area contributed by atoms with Crippen molar-refractivity contribution in [1.29, 1.82) is 0 Å². The molecule has 0 fully saturated rings. The zero-order valence-electron chi connectivity index (χ0n) is 5.57. The molecule has 0 aromatic rings. The van der Waals surface area contributed by atoms with Crippen LogP contribution in [0.15, 0.2) is 12.2 Å². The van der Waals surface area contributed by atoms with Crippen LogP contribution in [0.2, 0.25) is 0 Å². The van der Waals surface area contributed by atoms with E-state index in [1.807, 2.05) is 0 Å². The van der Waals surface area contributed by atoms with Crippen LogP contribution in [-0.2, 0) is 9.59 Å². The fourth-order valence-electron chi connectivity index (χ4n) is 0.143. The third kappa shape index (κ3) is 10.8. The van der Waals surface area contributed by atoms with Gasteiger partial charge in [-0.25, -0.2) is 9.59 Å². The average Bonchev–Trinajstić information content (AvgIpc) is 1.61. The molecule has 0 atom stereocenters. The minimum Gasteiger partial charge on any atom is -0.478 e. The van der Waals surface area contributed by atoms with Crippen molar-refractivity contribution in [2.75, 3.05) is 0 Å². The van der Waals surface area contributed by atoms with Gasteiger partial charge in [0, 0.05) is 13.6 Å². The van der Waals surface area contributed by atoms with Gasteiger partial charge in [-0.15, -0.1) is 0 Å². The molecule has 1 radical (unpaired) electrons. The van der Waals surface area contributed by atoms with Crippen LogP contribution in [0.1, 0.15) is 1.43 Å². The average molecular weight is 134 g/mol. The third-order valence-corrected chi connectivity index (χ3v) is 0.368. The molecule has 0 amide bonds. The van der Waals surface area contributed by atoms with Crippen LogP contribution < -0.4 is 6.15 Å². The molecule has 0 aliphatic rings. The Kier molecular flexibility index (Phi) is 5.64. The van der Waals surface area contributed by atoms with E-state index < -0.39 is 11.9 Å². The summed E-state index contributed by atoms with van der Waals surface area (Å²) in [4.78, 5) is 19.1. The molecule has 0 spiro atoms. The topological polar surface area (TPSA) is 110 Å². The summed E-state index contributed by atoms with van der Waals surface area (Å²) in [7, 11) is 0. The maximum Gasteiger partial charge on any atom is 0.328 e. The molecule has 0 aromatic heterocycles. The van der Waals surface area contributed by atoms with Crippen LogP contribution in [0.5, 0.6) is 0 Å². The van der Waals surface area contributed by atoms with Crippen LogP contribution in [-0.4, -0.2) is 22.2 Å². The number of aliphatic carboxylic acids is 2. The lowest BCUT2D eigenvalue weighted by Gasteiger charge is -1.74. The summed E-state index contributed by atoms with van der Waals surface area (Å²) >= 11 is 0. The van der Waals surface area contributed by atoms with E-state index in [2.05, 4.69) is 0 Å². The van der Waals surface area contributed by atoms with Crippen LogP contribution in [0, 0.1) is 0 Å². The number of hydrogen-bond acceptors (Lipinski definition) is 3. The number of carboxylic acids is 2. The van der Waals surface area contributed by atoms with Crippen LogP contribution in [0.3, 0.4) is 0 Å². The van der Waals surface area contributed by atoms with E-state index in [9.17, 15) is 9.59 Å². The third-order valence-electron chi connectivity index (χ3n) is 0.368. The highest BCUT2D eigenvalue weighted by Crippen LogP contribution is 1.70. The molecule has 0 unspecified atom stereocenters. The van der Waals surface area contributed by atoms with Gasteiger partial charge in [0.05, 0.1) is 0 Å². The van der Waals surface area contributed by atoms with Crippen LogP contribution >= 0.6 is 0 Å². The number of rotatable bonds is 2. The molecular formula is C4H8NO4. The Balaban J connectivity index is -0.000000245.